The maximum atomic E-state index is 4.05. The SMILES string of the molecule is CC(C)(C)c1ccc2c(c1)C1(c3ccccc3-c3ccccc31)c1cc(C3N4C(c5ccccc5)NC(c5ccccc5-c5ccccc5)N34)ccc1-2. The molecule has 1 spiro atoms. The summed E-state index contributed by atoms with van der Waals surface area (Å²) in [5.74, 6) is 0. The molecule has 0 amide bonds. The summed E-state index contributed by atoms with van der Waals surface area (Å²) in [5.41, 5.74) is 18.4. The number of nitrogens with one attached hydrogen (secondary N) is 1. The minimum Gasteiger partial charge on any atom is -0.276 e. The first-order chi connectivity index (χ1) is 25.9. The maximum Gasteiger partial charge on any atom is 0.119 e. The van der Waals surface area contributed by atoms with Gasteiger partial charge in [0.15, 0.2) is 0 Å². The molecule has 2 heterocycles. The van der Waals surface area contributed by atoms with Crippen molar-refractivity contribution in [3.8, 4) is 33.4 Å². The first-order valence-electron chi connectivity index (χ1n) is 19.0. The Labute approximate surface area is 312 Å². The molecule has 2 saturated heterocycles. The molecule has 1 N–H and O–H groups in total. The molecule has 7 aromatic rings. The molecule has 0 bridgehead atoms. The second kappa shape index (κ2) is 11.2. The third kappa shape index (κ3) is 4.33. The number of nitrogens with zero attached hydrogens (tertiary/aromatic N) is 2. The number of benzene rings is 7. The van der Waals surface area contributed by atoms with Gasteiger partial charge in [0.05, 0.1) is 5.41 Å². The number of fused-ring (bicyclic) bond motifs is 11. The minimum absolute atomic E-state index is 0.0169. The van der Waals surface area contributed by atoms with E-state index in [4.69, 9.17) is 0 Å². The van der Waals surface area contributed by atoms with Gasteiger partial charge in [-0.05, 0) is 83.3 Å². The van der Waals surface area contributed by atoms with E-state index in [1.165, 1.54) is 77.9 Å². The molecule has 5 atom stereocenters. The van der Waals surface area contributed by atoms with E-state index in [0.29, 0.717) is 0 Å². The lowest BCUT2D eigenvalue weighted by molar-refractivity contribution is 0.314. The molecule has 3 heteroatoms. The van der Waals surface area contributed by atoms with Crippen molar-refractivity contribution in [2.75, 3.05) is 0 Å². The lowest BCUT2D eigenvalue weighted by atomic mass is 9.69. The van der Waals surface area contributed by atoms with E-state index in [2.05, 4.69) is 206 Å². The van der Waals surface area contributed by atoms with Gasteiger partial charge in [-0.3, -0.25) is 5.32 Å². The quantitative estimate of drug-likeness (QED) is 0.186. The summed E-state index contributed by atoms with van der Waals surface area (Å²) in [4.78, 5) is 0. The summed E-state index contributed by atoms with van der Waals surface area (Å²) in [6, 6.07) is 63.6. The van der Waals surface area contributed by atoms with E-state index in [1.807, 2.05) is 0 Å². The fourth-order valence-corrected chi connectivity index (χ4v) is 9.87. The van der Waals surface area contributed by atoms with Crippen molar-refractivity contribution in [3.63, 3.8) is 0 Å². The number of rotatable bonds is 4. The fourth-order valence-electron chi connectivity index (χ4n) is 9.87. The van der Waals surface area contributed by atoms with Crippen LogP contribution in [0.25, 0.3) is 33.4 Å². The van der Waals surface area contributed by atoms with E-state index < -0.39 is 0 Å². The zero-order valence-corrected chi connectivity index (χ0v) is 30.3. The molecule has 5 unspecified atom stereocenters. The van der Waals surface area contributed by atoms with Crippen molar-refractivity contribution in [1.82, 2.24) is 15.3 Å². The zero-order chi connectivity index (χ0) is 35.5. The average molecular weight is 684 g/mol. The van der Waals surface area contributed by atoms with Crippen LogP contribution in [0.1, 0.15) is 83.8 Å². The molecule has 7 aromatic carbocycles. The molecule has 0 radical (unpaired) electrons. The Balaban J connectivity index is 1.10. The van der Waals surface area contributed by atoms with Crippen molar-refractivity contribution < 1.29 is 0 Å². The van der Waals surface area contributed by atoms with Gasteiger partial charge >= 0.3 is 0 Å². The number of hydrazine groups is 1. The zero-order valence-electron chi connectivity index (χ0n) is 30.3. The molecular weight excluding hydrogens is 643 g/mol. The molecule has 2 aliphatic heterocycles. The van der Waals surface area contributed by atoms with Gasteiger partial charge in [0.25, 0.3) is 0 Å². The van der Waals surface area contributed by atoms with Gasteiger partial charge in [0.1, 0.15) is 18.5 Å². The largest absolute Gasteiger partial charge is 0.276 e. The maximum absolute atomic E-state index is 4.05. The Morgan fingerprint density at radius 1 is 0.453 bits per heavy atom. The van der Waals surface area contributed by atoms with Gasteiger partial charge in [-0.1, -0.05) is 191 Å². The van der Waals surface area contributed by atoms with Gasteiger partial charge in [0, 0.05) is 0 Å². The first-order valence-corrected chi connectivity index (χ1v) is 19.0. The van der Waals surface area contributed by atoms with E-state index in [-0.39, 0.29) is 29.3 Å². The Hall–Kier alpha value is -5.58. The summed E-state index contributed by atoms with van der Waals surface area (Å²) < 4.78 is 0. The average Bonchev–Trinajstić information content (AvgIpc) is 3.54. The van der Waals surface area contributed by atoms with Gasteiger partial charge in [-0.25, -0.2) is 0 Å². The molecule has 2 fully saturated rings. The van der Waals surface area contributed by atoms with Crippen molar-refractivity contribution in [3.05, 3.63) is 214 Å². The molecule has 0 saturated carbocycles. The van der Waals surface area contributed by atoms with Crippen LogP contribution in [0.3, 0.4) is 0 Å². The van der Waals surface area contributed by atoms with Crippen molar-refractivity contribution in [1.29, 1.82) is 0 Å². The standard InChI is InChI=1S/C50H41N3/c1-49(2,3)35-27-29-40-39-28-26-34(30-44(39)50(45(40)31-35)42-24-14-12-21-37(42)38-22-13-15-25-43(38)50)48-52-46(33-18-8-5-9-19-33)51-47(53(48)52)41-23-11-10-20-36(41)32-16-6-4-7-17-32/h4-31,46-48,51H,1-3H3. The predicted octanol–water partition coefficient (Wildman–Crippen LogP) is 11.5. The van der Waals surface area contributed by atoms with E-state index in [9.17, 15) is 0 Å². The highest BCUT2D eigenvalue weighted by Gasteiger charge is 2.61. The molecule has 2 aliphatic carbocycles. The fraction of sp³-hybridized carbons (Fsp3) is 0.160. The van der Waals surface area contributed by atoms with Crippen molar-refractivity contribution >= 4 is 0 Å². The van der Waals surface area contributed by atoms with Crippen LogP contribution < -0.4 is 5.32 Å². The van der Waals surface area contributed by atoms with Crippen LogP contribution >= 0.6 is 0 Å². The smallest absolute Gasteiger partial charge is 0.119 e. The molecule has 11 rings (SSSR count). The van der Waals surface area contributed by atoms with Crippen LogP contribution in [0.4, 0.5) is 0 Å². The summed E-state index contributed by atoms with van der Waals surface area (Å²) in [6.45, 7) is 6.99. The van der Waals surface area contributed by atoms with Gasteiger partial charge in [-0.2, -0.15) is 10.0 Å². The predicted molar refractivity (Wildman–Crippen MR) is 215 cm³/mol. The second-order valence-corrected chi connectivity index (χ2v) is 16.1. The van der Waals surface area contributed by atoms with Gasteiger partial charge < -0.3 is 0 Å². The normalized spacial score (nSPS) is 22.5. The first kappa shape index (κ1) is 31.0. The third-order valence-corrected chi connectivity index (χ3v) is 12.3. The minimum atomic E-state index is -0.389. The Morgan fingerprint density at radius 2 is 0.981 bits per heavy atom. The van der Waals surface area contributed by atoms with Crippen LogP contribution in [-0.4, -0.2) is 10.0 Å². The summed E-state index contributed by atoms with van der Waals surface area (Å²) >= 11 is 0. The highest BCUT2D eigenvalue weighted by molar-refractivity contribution is 5.95. The van der Waals surface area contributed by atoms with Crippen LogP contribution in [-0.2, 0) is 10.8 Å². The summed E-state index contributed by atoms with van der Waals surface area (Å²) in [7, 11) is 0. The monoisotopic (exact) mass is 683 g/mol. The van der Waals surface area contributed by atoms with E-state index in [1.54, 1.807) is 0 Å². The van der Waals surface area contributed by atoms with Gasteiger partial charge in [-0.15, -0.1) is 0 Å². The molecule has 3 nitrogen and oxygen atoms in total. The lowest BCUT2D eigenvalue weighted by Crippen LogP contribution is -2.28. The topological polar surface area (TPSA) is 18.0 Å². The number of hydrogen-bond acceptors (Lipinski definition) is 3. The molecule has 4 aliphatic rings. The Bertz CT molecular complexity index is 2520. The molecule has 256 valence electrons. The van der Waals surface area contributed by atoms with Crippen molar-refractivity contribution in [2.24, 2.45) is 0 Å². The van der Waals surface area contributed by atoms with E-state index >= 15 is 0 Å². The molecular formula is C50H41N3. The van der Waals surface area contributed by atoms with Crippen molar-refractivity contribution in [2.45, 2.75) is 50.1 Å². The summed E-state index contributed by atoms with van der Waals surface area (Å²) in [6.07, 6.45) is 0.193. The van der Waals surface area contributed by atoms with Crippen LogP contribution in [0.15, 0.2) is 170 Å². The van der Waals surface area contributed by atoms with Gasteiger partial charge in [0.2, 0.25) is 0 Å². The Morgan fingerprint density at radius 3 is 1.66 bits per heavy atom. The third-order valence-electron chi connectivity index (χ3n) is 12.3. The van der Waals surface area contributed by atoms with E-state index in [0.717, 1.165) is 0 Å². The molecule has 53 heavy (non-hydrogen) atoms. The lowest BCUT2D eigenvalue weighted by Gasteiger charge is -2.32. The van der Waals surface area contributed by atoms with Crippen LogP contribution in [0.5, 0.6) is 0 Å². The molecule has 0 aromatic heterocycles. The Kier molecular flexibility index (Phi) is 6.56. The summed E-state index contributed by atoms with van der Waals surface area (Å²) in [5, 5.41) is 9.18. The van der Waals surface area contributed by atoms with Crippen LogP contribution in [0, 0.1) is 0 Å². The second-order valence-electron chi connectivity index (χ2n) is 16.1. The highest BCUT2D eigenvalue weighted by Crippen LogP contribution is 2.65. The highest BCUT2D eigenvalue weighted by atomic mass is 15.9. The number of hydrogen-bond donors (Lipinski definition) is 1. The van der Waals surface area contributed by atoms with Crippen LogP contribution in [0.2, 0.25) is 0 Å².